The highest BCUT2D eigenvalue weighted by molar-refractivity contribution is 7.80. The summed E-state index contributed by atoms with van der Waals surface area (Å²) in [5.74, 6) is 0.515. The van der Waals surface area contributed by atoms with Crippen molar-refractivity contribution >= 4 is 17.1 Å². The van der Waals surface area contributed by atoms with Crippen LogP contribution in [0.25, 0.3) is 0 Å². The van der Waals surface area contributed by atoms with Crippen LogP contribution in [0.4, 0.5) is 5.82 Å². The number of imidazole rings is 1. The quantitative estimate of drug-likeness (QED) is 0.699. The summed E-state index contributed by atoms with van der Waals surface area (Å²) in [5.41, 5.74) is 0. The molecule has 6 heteroatoms. The van der Waals surface area contributed by atoms with Gasteiger partial charge in [0.05, 0.1) is 6.33 Å². The van der Waals surface area contributed by atoms with Crippen LogP contribution in [0.3, 0.4) is 0 Å². The molecule has 0 saturated carbocycles. The third-order valence-corrected chi connectivity index (χ3v) is 2.24. The molecule has 0 aliphatic heterocycles. The van der Waals surface area contributed by atoms with E-state index in [-0.39, 0.29) is 0 Å². The van der Waals surface area contributed by atoms with Crippen LogP contribution in [0.15, 0.2) is 12.5 Å². The van der Waals surface area contributed by atoms with Gasteiger partial charge in [-0.2, -0.15) is 0 Å². The van der Waals surface area contributed by atoms with E-state index in [1.165, 1.54) is 4.31 Å². The molecule has 1 aromatic heterocycles. The molecule has 1 N–H and O–H groups in total. The molecule has 1 unspecified atom stereocenters. The minimum Gasteiger partial charge on any atom is -0.338 e. The van der Waals surface area contributed by atoms with E-state index in [0.717, 1.165) is 0 Å². The Balaban J connectivity index is 2.87. The molecule has 5 nitrogen and oxygen atoms in total. The van der Waals surface area contributed by atoms with Gasteiger partial charge in [0.2, 0.25) is 0 Å². The lowest BCUT2D eigenvalue weighted by Gasteiger charge is -2.13. The number of aryl methyl sites for hydroxylation is 1. The van der Waals surface area contributed by atoms with E-state index in [9.17, 15) is 4.21 Å². The molecule has 0 bridgehead atoms. The Labute approximate surface area is 73.4 Å². The highest BCUT2D eigenvalue weighted by atomic mass is 32.2. The highest BCUT2D eigenvalue weighted by Gasteiger charge is 2.11. The molecule has 0 aliphatic carbocycles. The number of hydrogen-bond acceptors (Lipinski definition) is 2. The first kappa shape index (κ1) is 9.21. The van der Waals surface area contributed by atoms with Gasteiger partial charge in [0.1, 0.15) is 0 Å². The van der Waals surface area contributed by atoms with Crippen LogP contribution >= 0.6 is 0 Å². The summed E-state index contributed by atoms with van der Waals surface area (Å²) in [6.45, 7) is 2.25. The molecule has 12 heavy (non-hydrogen) atoms. The first-order valence-electron chi connectivity index (χ1n) is 3.51. The molecule has 1 aromatic rings. The molecule has 1 heterocycles. The zero-order valence-corrected chi connectivity index (χ0v) is 7.78. The average Bonchev–Trinajstić information content (AvgIpc) is 2.37. The fourth-order valence-electron chi connectivity index (χ4n) is 0.880. The van der Waals surface area contributed by atoms with Gasteiger partial charge in [0.15, 0.2) is 5.82 Å². The summed E-state index contributed by atoms with van der Waals surface area (Å²) in [6, 6.07) is 0. The number of hydrogen-bond donors (Lipinski definition) is 1. The van der Waals surface area contributed by atoms with E-state index in [0.29, 0.717) is 12.4 Å². The Morgan fingerprint density at radius 3 is 2.83 bits per heavy atom. The van der Waals surface area contributed by atoms with Crippen molar-refractivity contribution in [1.82, 2.24) is 9.55 Å². The van der Waals surface area contributed by atoms with Crippen LogP contribution in [-0.4, -0.2) is 24.9 Å². The zero-order chi connectivity index (χ0) is 9.14. The lowest BCUT2D eigenvalue weighted by Crippen LogP contribution is -2.24. The van der Waals surface area contributed by atoms with Crippen molar-refractivity contribution in [3.63, 3.8) is 0 Å². The van der Waals surface area contributed by atoms with Crippen molar-refractivity contribution in [3.05, 3.63) is 12.5 Å². The first-order chi connectivity index (χ1) is 5.65. The third-order valence-electron chi connectivity index (χ3n) is 1.42. The van der Waals surface area contributed by atoms with Gasteiger partial charge >= 0.3 is 0 Å². The molecule has 0 spiro atoms. The van der Waals surface area contributed by atoms with Crippen LogP contribution in [0, 0.1) is 0 Å². The lowest BCUT2D eigenvalue weighted by molar-refractivity contribution is 0.559. The van der Waals surface area contributed by atoms with E-state index in [1.807, 2.05) is 7.05 Å². The fraction of sp³-hybridized carbons (Fsp3) is 0.500. The topological polar surface area (TPSA) is 58.4 Å². The predicted molar refractivity (Wildman–Crippen MR) is 47.0 cm³/mol. The molecule has 1 atom stereocenters. The highest BCUT2D eigenvalue weighted by Crippen LogP contribution is 2.10. The summed E-state index contributed by atoms with van der Waals surface area (Å²) in [4.78, 5) is 3.94. The zero-order valence-electron chi connectivity index (χ0n) is 6.97. The number of aromatic nitrogens is 2. The van der Waals surface area contributed by atoms with Crippen LogP contribution < -0.4 is 4.31 Å². The van der Waals surface area contributed by atoms with Crippen molar-refractivity contribution in [1.29, 1.82) is 0 Å². The van der Waals surface area contributed by atoms with Gasteiger partial charge in [-0.3, -0.25) is 8.86 Å². The lowest BCUT2D eigenvalue weighted by atomic mass is 10.6. The van der Waals surface area contributed by atoms with Crippen molar-refractivity contribution < 1.29 is 8.76 Å². The molecule has 0 saturated heterocycles. The van der Waals surface area contributed by atoms with E-state index in [4.69, 9.17) is 4.55 Å². The molecular weight excluding hydrogens is 178 g/mol. The fourth-order valence-corrected chi connectivity index (χ4v) is 1.36. The second kappa shape index (κ2) is 3.68. The Hall–Kier alpha value is -0.880. The van der Waals surface area contributed by atoms with Gasteiger partial charge < -0.3 is 4.57 Å². The number of anilines is 1. The van der Waals surface area contributed by atoms with Crippen molar-refractivity contribution in [3.8, 4) is 0 Å². The van der Waals surface area contributed by atoms with Gasteiger partial charge in [0.25, 0.3) is 11.3 Å². The molecule has 68 valence electrons. The maximum Gasteiger partial charge on any atom is 0.263 e. The summed E-state index contributed by atoms with van der Waals surface area (Å²) >= 11 is -1.98. The summed E-state index contributed by atoms with van der Waals surface area (Å²) in [7, 11) is 1.81. The largest absolute Gasteiger partial charge is 0.338 e. The Morgan fingerprint density at radius 1 is 1.83 bits per heavy atom. The Morgan fingerprint density at radius 2 is 2.50 bits per heavy atom. The van der Waals surface area contributed by atoms with Crippen LogP contribution in [0.2, 0.25) is 0 Å². The maximum absolute atomic E-state index is 10.7. The minimum absolute atomic E-state index is 0.458. The van der Waals surface area contributed by atoms with E-state index >= 15 is 0 Å². The van der Waals surface area contributed by atoms with Crippen LogP contribution in [0.1, 0.15) is 6.92 Å². The van der Waals surface area contributed by atoms with E-state index in [1.54, 1.807) is 24.0 Å². The standard InChI is InChI=1S/C6H11N3O2S/c1-3-9(12(10)11)6-4-8(2)5-7-6/h4-5H,3H2,1-2H3,(H,10,11). The second-order valence-corrected chi connectivity index (χ2v) is 3.23. The van der Waals surface area contributed by atoms with Crippen LogP contribution in [-0.2, 0) is 18.3 Å². The van der Waals surface area contributed by atoms with E-state index in [2.05, 4.69) is 4.98 Å². The van der Waals surface area contributed by atoms with Crippen molar-refractivity contribution in [2.24, 2.45) is 7.05 Å². The SMILES string of the molecule is CCN(c1cn(C)cn1)S(=O)O. The maximum atomic E-state index is 10.7. The summed E-state index contributed by atoms with van der Waals surface area (Å²) < 4.78 is 22.6. The van der Waals surface area contributed by atoms with Crippen molar-refractivity contribution in [2.75, 3.05) is 10.8 Å². The van der Waals surface area contributed by atoms with Gasteiger partial charge in [-0.05, 0) is 6.92 Å². The second-order valence-electron chi connectivity index (χ2n) is 2.32. The summed E-state index contributed by atoms with van der Waals surface area (Å²) in [5, 5.41) is 0. The number of rotatable bonds is 3. The molecule has 0 radical (unpaired) electrons. The van der Waals surface area contributed by atoms with Crippen molar-refractivity contribution in [2.45, 2.75) is 6.92 Å². The monoisotopic (exact) mass is 189 g/mol. The molecule has 0 fully saturated rings. The summed E-state index contributed by atoms with van der Waals surface area (Å²) in [6.07, 6.45) is 3.28. The molecule has 1 rings (SSSR count). The average molecular weight is 189 g/mol. The molecule has 0 aromatic carbocycles. The van der Waals surface area contributed by atoms with E-state index < -0.39 is 11.3 Å². The molecular formula is C6H11N3O2S. The Kier molecular flexibility index (Phi) is 2.83. The molecule has 0 aliphatic rings. The van der Waals surface area contributed by atoms with Gasteiger partial charge in [-0.1, -0.05) is 0 Å². The minimum atomic E-state index is -1.98. The van der Waals surface area contributed by atoms with Crippen LogP contribution in [0.5, 0.6) is 0 Å². The predicted octanol–water partition coefficient (Wildman–Crippen LogP) is 0.383. The van der Waals surface area contributed by atoms with Gasteiger partial charge in [0, 0.05) is 19.8 Å². The van der Waals surface area contributed by atoms with Gasteiger partial charge in [-0.15, -0.1) is 0 Å². The van der Waals surface area contributed by atoms with Gasteiger partial charge in [-0.25, -0.2) is 9.19 Å². The first-order valence-corrected chi connectivity index (χ1v) is 4.58. The smallest absolute Gasteiger partial charge is 0.263 e. The Bertz CT molecular complexity index is 286. The normalized spacial score (nSPS) is 12.9. The third kappa shape index (κ3) is 1.83. The number of nitrogens with zero attached hydrogens (tertiary/aromatic N) is 3. The molecule has 0 amide bonds.